The van der Waals surface area contributed by atoms with Crippen molar-refractivity contribution < 1.29 is 19.1 Å². The van der Waals surface area contributed by atoms with E-state index in [1.54, 1.807) is 0 Å². The number of esters is 2. The lowest BCUT2D eigenvalue weighted by molar-refractivity contribution is 0.0726. The Hall–Kier alpha value is -5.22. The fourth-order valence-electron chi connectivity index (χ4n) is 5.89. The van der Waals surface area contributed by atoms with Crippen LogP contribution >= 0.6 is 0 Å². The van der Waals surface area contributed by atoms with Gasteiger partial charge in [-0.25, -0.2) is 9.59 Å². The molecule has 0 aliphatic heterocycles. The van der Waals surface area contributed by atoms with Crippen LogP contribution in [0.3, 0.4) is 0 Å². The molecule has 0 N–H and O–H groups in total. The van der Waals surface area contributed by atoms with Crippen molar-refractivity contribution in [3.8, 4) is 11.5 Å². The summed E-state index contributed by atoms with van der Waals surface area (Å²) in [7, 11) is 0. The van der Waals surface area contributed by atoms with E-state index in [-0.39, 0.29) is 10.8 Å². The van der Waals surface area contributed by atoms with Gasteiger partial charge in [0, 0.05) is 17.5 Å². The van der Waals surface area contributed by atoms with Gasteiger partial charge in [-0.3, -0.25) is 0 Å². The second kappa shape index (κ2) is 12.5. The zero-order chi connectivity index (χ0) is 33.3. The second-order valence-electron chi connectivity index (χ2n) is 14.1. The van der Waals surface area contributed by atoms with E-state index in [2.05, 4.69) is 41.5 Å². The minimum absolute atomic E-state index is 0.0244. The third-order valence-corrected chi connectivity index (χ3v) is 8.73. The molecule has 0 atom stereocenters. The van der Waals surface area contributed by atoms with Gasteiger partial charge in [0.25, 0.3) is 0 Å². The molecule has 0 bridgehead atoms. The number of hydrogen-bond acceptors (Lipinski definition) is 4. The van der Waals surface area contributed by atoms with E-state index in [0.29, 0.717) is 29.0 Å². The first-order valence-electron chi connectivity index (χ1n) is 16.1. The first-order valence-corrected chi connectivity index (χ1v) is 16.1. The molecule has 0 heterocycles. The summed E-state index contributed by atoms with van der Waals surface area (Å²) in [5, 5.41) is 3.97. The van der Waals surface area contributed by atoms with Gasteiger partial charge in [0.2, 0.25) is 0 Å². The van der Waals surface area contributed by atoms with Crippen LogP contribution in [0.15, 0.2) is 121 Å². The van der Waals surface area contributed by atoms with Gasteiger partial charge in [-0.05, 0) is 79.9 Å². The number of rotatable bonds is 6. The predicted octanol–water partition coefficient (Wildman–Crippen LogP) is 10.6. The molecule has 0 amide bonds. The molecule has 6 aromatic carbocycles. The predicted molar refractivity (Wildman–Crippen MR) is 191 cm³/mol. The maximum atomic E-state index is 13.5. The van der Waals surface area contributed by atoms with Crippen molar-refractivity contribution in [3.63, 3.8) is 0 Å². The van der Waals surface area contributed by atoms with Crippen LogP contribution in [0.1, 0.15) is 84.5 Å². The molecule has 0 saturated carbocycles. The van der Waals surface area contributed by atoms with Crippen molar-refractivity contribution in [2.75, 3.05) is 0 Å². The lowest BCUT2D eigenvalue weighted by Crippen LogP contribution is -2.14. The fourth-order valence-corrected chi connectivity index (χ4v) is 5.89. The molecule has 0 aliphatic carbocycles. The highest BCUT2D eigenvalue weighted by Gasteiger charge is 2.21. The fraction of sp³-hybridized carbons (Fsp3) is 0.209. The highest BCUT2D eigenvalue weighted by atomic mass is 16.5. The molecule has 0 aliphatic rings. The number of fused-ring (bicyclic) bond motifs is 2. The molecule has 0 fully saturated rings. The summed E-state index contributed by atoms with van der Waals surface area (Å²) in [6, 6.07) is 38.9. The SMILES string of the molecule is CC(C)(C)c1ccc(C(=O)Oc2ccc3ccccc3c2Cc2c(OC(=O)c3ccc(C(C)(C)C)cc3)ccc3ccccc23)cc1. The van der Waals surface area contributed by atoms with Gasteiger partial charge < -0.3 is 9.47 Å². The molecule has 0 spiro atoms. The summed E-state index contributed by atoms with van der Waals surface area (Å²) in [6.07, 6.45) is 0.375. The number of carbonyl (C=O) groups is 2. The van der Waals surface area contributed by atoms with E-state index in [9.17, 15) is 9.59 Å². The molecular weight excluding hydrogens is 580 g/mol. The summed E-state index contributed by atoms with van der Waals surface area (Å²) in [6.45, 7) is 12.9. The van der Waals surface area contributed by atoms with Gasteiger partial charge in [0.05, 0.1) is 11.1 Å². The van der Waals surface area contributed by atoms with Crippen LogP contribution in [0, 0.1) is 0 Å². The first-order chi connectivity index (χ1) is 22.4. The maximum absolute atomic E-state index is 13.5. The zero-order valence-electron chi connectivity index (χ0n) is 27.9. The Morgan fingerprint density at radius 1 is 0.468 bits per heavy atom. The largest absolute Gasteiger partial charge is 0.423 e. The van der Waals surface area contributed by atoms with Crippen LogP contribution in [-0.4, -0.2) is 11.9 Å². The van der Waals surface area contributed by atoms with Gasteiger partial charge in [0.1, 0.15) is 11.5 Å². The first kappa shape index (κ1) is 31.7. The van der Waals surface area contributed by atoms with Gasteiger partial charge in [-0.15, -0.1) is 0 Å². The number of carbonyl (C=O) groups excluding carboxylic acids is 2. The van der Waals surface area contributed by atoms with Crippen LogP contribution < -0.4 is 9.47 Å². The Morgan fingerprint density at radius 3 is 1.19 bits per heavy atom. The van der Waals surface area contributed by atoms with Gasteiger partial charge in [-0.1, -0.05) is 126 Å². The average Bonchev–Trinajstić information content (AvgIpc) is 3.06. The van der Waals surface area contributed by atoms with Crippen molar-refractivity contribution in [2.24, 2.45) is 0 Å². The Morgan fingerprint density at radius 2 is 0.830 bits per heavy atom. The van der Waals surface area contributed by atoms with Crippen molar-refractivity contribution in [2.45, 2.75) is 58.8 Å². The van der Waals surface area contributed by atoms with E-state index in [1.807, 2.05) is 121 Å². The van der Waals surface area contributed by atoms with Gasteiger partial charge in [0.15, 0.2) is 0 Å². The summed E-state index contributed by atoms with van der Waals surface area (Å²) in [4.78, 5) is 27.0. The quantitative estimate of drug-likeness (QED) is 0.137. The maximum Gasteiger partial charge on any atom is 0.343 e. The monoisotopic (exact) mass is 620 g/mol. The molecule has 4 nitrogen and oxygen atoms in total. The minimum Gasteiger partial charge on any atom is -0.423 e. The Labute approximate surface area is 277 Å². The topological polar surface area (TPSA) is 52.6 Å². The highest BCUT2D eigenvalue weighted by molar-refractivity contribution is 5.96. The van der Waals surface area contributed by atoms with E-state index in [0.717, 1.165) is 43.8 Å². The Bertz CT molecular complexity index is 1940. The third kappa shape index (κ3) is 6.83. The van der Waals surface area contributed by atoms with Crippen LogP contribution in [0.4, 0.5) is 0 Å². The normalized spacial score (nSPS) is 11.9. The molecule has 0 radical (unpaired) electrons. The zero-order valence-corrected chi connectivity index (χ0v) is 27.9. The van der Waals surface area contributed by atoms with Crippen LogP contribution in [0.5, 0.6) is 11.5 Å². The third-order valence-electron chi connectivity index (χ3n) is 8.73. The number of hydrogen-bond donors (Lipinski definition) is 0. The van der Waals surface area contributed by atoms with Crippen LogP contribution in [0.2, 0.25) is 0 Å². The molecular formula is C43H40O4. The molecule has 47 heavy (non-hydrogen) atoms. The van der Waals surface area contributed by atoms with Crippen molar-refractivity contribution in [1.29, 1.82) is 0 Å². The minimum atomic E-state index is -0.426. The van der Waals surface area contributed by atoms with E-state index in [1.165, 1.54) is 0 Å². The standard InChI is InChI=1S/C43H40O4/c1-42(2,3)32-21-15-30(16-22-32)40(44)46-38-25-19-28-11-7-9-13-34(28)36(38)27-37-35-14-10-8-12-29(35)20-26-39(37)47-41(45)31-17-23-33(24-18-31)43(4,5)6/h7-26H,27H2,1-6H3. The number of ether oxygens (including phenoxy) is 2. The highest BCUT2D eigenvalue weighted by Crippen LogP contribution is 2.37. The average molecular weight is 621 g/mol. The summed E-state index contributed by atoms with van der Waals surface area (Å²) >= 11 is 0. The Kier molecular flexibility index (Phi) is 8.46. The van der Waals surface area contributed by atoms with Crippen molar-refractivity contribution in [1.82, 2.24) is 0 Å². The molecule has 0 unspecified atom stereocenters. The summed E-state index contributed by atoms with van der Waals surface area (Å²) in [5.41, 5.74) is 4.88. The van der Waals surface area contributed by atoms with Gasteiger partial charge >= 0.3 is 11.9 Å². The van der Waals surface area contributed by atoms with E-state index in [4.69, 9.17) is 9.47 Å². The summed E-state index contributed by atoms with van der Waals surface area (Å²) < 4.78 is 12.3. The molecule has 236 valence electrons. The number of benzene rings is 6. The molecule has 6 rings (SSSR count). The summed E-state index contributed by atoms with van der Waals surface area (Å²) in [5.74, 6) is 0.0867. The Balaban J connectivity index is 1.39. The smallest absolute Gasteiger partial charge is 0.343 e. The van der Waals surface area contributed by atoms with Gasteiger partial charge in [-0.2, -0.15) is 0 Å². The lowest BCUT2D eigenvalue weighted by Gasteiger charge is -2.20. The van der Waals surface area contributed by atoms with E-state index < -0.39 is 11.9 Å². The molecule has 4 heteroatoms. The van der Waals surface area contributed by atoms with Crippen molar-refractivity contribution in [3.05, 3.63) is 155 Å². The van der Waals surface area contributed by atoms with Crippen molar-refractivity contribution >= 4 is 33.5 Å². The van der Waals surface area contributed by atoms with Crippen LogP contribution in [-0.2, 0) is 17.3 Å². The molecule has 6 aromatic rings. The van der Waals surface area contributed by atoms with Crippen LogP contribution in [0.25, 0.3) is 21.5 Å². The van der Waals surface area contributed by atoms with E-state index >= 15 is 0 Å². The second-order valence-corrected chi connectivity index (χ2v) is 14.1. The molecule has 0 aromatic heterocycles. The lowest BCUT2D eigenvalue weighted by atomic mass is 9.87. The molecule has 0 saturated heterocycles.